The van der Waals surface area contributed by atoms with Gasteiger partial charge in [-0.1, -0.05) is 17.7 Å². The Hall–Kier alpha value is -1.42. The molecule has 3 heterocycles. The summed E-state index contributed by atoms with van der Waals surface area (Å²) in [7, 11) is -3.45. The van der Waals surface area contributed by atoms with Gasteiger partial charge in [-0.25, -0.2) is 8.42 Å². The molecule has 1 aliphatic rings. The summed E-state index contributed by atoms with van der Waals surface area (Å²) in [4.78, 5) is 14.0. The van der Waals surface area contributed by atoms with Crippen LogP contribution < -0.4 is 0 Å². The second-order valence-corrected chi connectivity index (χ2v) is 8.97. The highest BCUT2D eigenvalue weighted by Gasteiger charge is 2.30. The van der Waals surface area contributed by atoms with Crippen molar-refractivity contribution in [2.45, 2.75) is 17.7 Å². The fourth-order valence-corrected chi connectivity index (χ4v) is 5.23. The lowest BCUT2D eigenvalue weighted by molar-refractivity contribution is -0.133. The summed E-state index contributed by atoms with van der Waals surface area (Å²) in [6, 6.07) is 3.32. The number of carbonyl (C=O) groups is 1. The molecular weight excluding hydrogens is 372 g/mol. The molecule has 24 heavy (non-hydrogen) atoms. The lowest BCUT2D eigenvalue weighted by Gasteiger charge is -2.33. The van der Waals surface area contributed by atoms with Crippen LogP contribution in [0, 0.1) is 6.92 Å². The van der Waals surface area contributed by atoms with E-state index in [0.29, 0.717) is 35.4 Å². The van der Waals surface area contributed by atoms with Gasteiger partial charge in [0, 0.05) is 26.2 Å². The molecule has 1 aliphatic heterocycles. The van der Waals surface area contributed by atoms with Crippen molar-refractivity contribution in [1.82, 2.24) is 19.0 Å². The van der Waals surface area contributed by atoms with Crippen molar-refractivity contribution in [1.29, 1.82) is 0 Å². The fraction of sp³-hybridized carbons (Fsp3) is 0.429. The number of rotatable bonds is 4. The van der Waals surface area contributed by atoms with E-state index >= 15 is 0 Å². The minimum absolute atomic E-state index is 0.0916. The Kier molecular flexibility index (Phi) is 4.95. The molecule has 1 fully saturated rings. The number of thiophene rings is 1. The van der Waals surface area contributed by atoms with Crippen LogP contribution in [0.4, 0.5) is 0 Å². The van der Waals surface area contributed by atoms with Crippen molar-refractivity contribution in [3.63, 3.8) is 0 Å². The number of carbonyl (C=O) groups excluding carboxylic acids is 1. The van der Waals surface area contributed by atoms with E-state index in [4.69, 9.17) is 11.6 Å². The van der Waals surface area contributed by atoms with Crippen LogP contribution in [-0.2, 0) is 21.4 Å². The van der Waals surface area contributed by atoms with E-state index in [1.165, 1.54) is 21.8 Å². The van der Waals surface area contributed by atoms with Crippen molar-refractivity contribution < 1.29 is 13.2 Å². The molecule has 0 saturated carbocycles. The Bertz CT molecular complexity index is 824. The number of halogens is 1. The topological polar surface area (TPSA) is 75.5 Å². The molecular formula is C14H17ClN4O3S2. The molecule has 10 heteroatoms. The van der Waals surface area contributed by atoms with Gasteiger partial charge >= 0.3 is 0 Å². The van der Waals surface area contributed by atoms with Gasteiger partial charge in [0.2, 0.25) is 5.91 Å². The first kappa shape index (κ1) is 17.4. The van der Waals surface area contributed by atoms with Crippen LogP contribution in [0.5, 0.6) is 0 Å². The maximum Gasteiger partial charge on any atom is 0.252 e. The smallest absolute Gasteiger partial charge is 0.252 e. The number of aromatic nitrogens is 2. The summed E-state index contributed by atoms with van der Waals surface area (Å²) < 4.78 is 28.3. The summed E-state index contributed by atoms with van der Waals surface area (Å²) >= 11 is 7.14. The van der Waals surface area contributed by atoms with Gasteiger partial charge in [0.1, 0.15) is 10.8 Å². The number of hydrogen-bond acceptors (Lipinski definition) is 5. The molecule has 0 bridgehead atoms. The largest absolute Gasteiger partial charge is 0.338 e. The molecule has 7 nitrogen and oxygen atoms in total. The summed E-state index contributed by atoms with van der Waals surface area (Å²) in [6.07, 6.45) is 1.51. The molecule has 0 N–H and O–H groups in total. The first-order valence-corrected chi connectivity index (χ1v) is 10.1. The van der Waals surface area contributed by atoms with Gasteiger partial charge in [-0.15, -0.1) is 11.3 Å². The average molecular weight is 389 g/mol. The van der Waals surface area contributed by atoms with Gasteiger partial charge in [-0.05, 0) is 18.4 Å². The van der Waals surface area contributed by atoms with Crippen LogP contribution >= 0.6 is 22.9 Å². The Morgan fingerprint density at radius 2 is 2.04 bits per heavy atom. The number of hydrogen-bond donors (Lipinski definition) is 0. The molecule has 2 aromatic rings. The summed E-state index contributed by atoms with van der Waals surface area (Å²) in [5.41, 5.74) is 0.740. The van der Waals surface area contributed by atoms with Crippen LogP contribution in [0.2, 0.25) is 5.02 Å². The van der Waals surface area contributed by atoms with E-state index in [-0.39, 0.29) is 12.5 Å². The van der Waals surface area contributed by atoms with Crippen LogP contribution in [-0.4, -0.2) is 59.5 Å². The van der Waals surface area contributed by atoms with Gasteiger partial charge < -0.3 is 4.90 Å². The second kappa shape index (κ2) is 6.83. The quantitative estimate of drug-likeness (QED) is 0.794. The third-order valence-corrected chi connectivity index (χ3v) is 7.65. The monoisotopic (exact) mass is 388 g/mol. The number of sulfonamides is 1. The number of piperazine rings is 1. The maximum absolute atomic E-state index is 12.5. The molecule has 2 aromatic heterocycles. The van der Waals surface area contributed by atoms with E-state index in [1.807, 2.05) is 0 Å². The average Bonchev–Trinajstić information content (AvgIpc) is 3.21. The minimum Gasteiger partial charge on any atom is -0.338 e. The molecule has 0 radical (unpaired) electrons. The molecule has 3 rings (SSSR count). The molecule has 0 aliphatic carbocycles. The van der Waals surface area contributed by atoms with Crippen molar-refractivity contribution in [2.75, 3.05) is 26.2 Å². The van der Waals surface area contributed by atoms with E-state index in [1.54, 1.807) is 34.0 Å². The van der Waals surface area contributed by atoms with Crippen molar-refractivity contribution in [2.24, 2.45) is 0 Å². The first-order valence-electron chi connectivity index (χ1n) is 7.39. The summed E-state index contributed by atoms with van der Waals surface area (Å²) in [6.45, 7) is 3.25. The van der Waals surface area contributed by atoms with E-state index in [0.717, 1.165) is 5.69 Å². The Morgan fingerprint density at radius 3 is 2.58 bits per heavy atom. The third-order valence-electron chi connectivity index (χ3n) is 4.01. The minimum atomic E-state index is -3.45. The van der Waals surface area contributed by atoms with Crippen molar-refractivity contribution in [3.05, 3.63) is 34.4 Å². The normalized spacial score (nSPS) is 16.5. The van der Waals surface area contributed by atoms with Gasteiger partial charge in [0.15, 0.2) is 0 Å². The summed E-state index contributed by atoms with van der Waals surface area (Å²) in [5.74, 6) is -0.0916. The third kappa shape index (κ3) is 3.34. The zero-order chi connectivity index (χ0) is 17.3. The Balaban J connectivity index is 1.61. The van der Waals surface area contributed by atoms with Gasteiger partial charge in [0.05, 0.1) is 16.9 Å². The predicted molar refractivity (Wildman–Crippen MR) is 91.6 cm³/mol. The highest BCUT2D eigenvalue weighted by atomic mass is 35.5. The Labute approximate surface area is 149 Å². The molecule has 0 atom stereocenters. The molecule has 0 unspecified atom stereocenters. The molecule has 1 amide bonds. The molecule has 0 spiro atoms. The van der Waals surface area contributed by atoms with Crippen molar-refractivity contribution in [3.8, 4) is 0 Å². The number of nitrogens with zero attached hydrogens (tertiary/aromatic N) is 4. The van der Waals surface area contributed by atoms with Crippen LogP contribution in [0.3, 0.4) is 0 Å². The highest BCUT2D eigenvalue weighted by molar-refractivity contribution is 7.91. The highest BCUT2D eigenvalue weighted by Crippen LogP contribution is 2.22. The number of amides is 1. The summed E-state index contributed by atoms with van der Waals surface area (Å²) in [5, 5.41) is 6.33. The second-order valence-electron chi connectivity index (χ2n) is 5.45. The van der Waals surface area contributed by atoms with Gasteiger partial charge in [-0.3, -0.25) is 9.48 Å². The van der Waals surface area contributed by atoms with Crippen molar-refractivity contribution >= 4 is 38.9 Å². The molecule has 1 saturated heterocycles. The lowest BCUT2D eigenvalue weighted by Crippen LogP contribution is -2.51. The van der Waals surface area contributed by atoms with E-state index in [2.05, 4.69) is 5.10 Å². The van der Waals surface area contributed by atoms with Gasteiger partial charge in [-0.2, -0.15) is 9.40 Å². The lowest BCUT2D eigenvalue weighted by atomic mass is 10.3. The standard InChI is InChI=1S/C14H17ClN4O3S2/c1-11-12(15)9-16-19(11)10-13(20)17-4-6-18(7-5-17)24(21,22)14-3-2-8-23-14/h2-3,8-9H,4-7,10H2,1H3. The molecule has 130 valence electrons. The molecule has 0 aromatic carbocycles. The van der Waals surface area contributed by atoms with Crippen LogP contribution in [0.1, 0.15) is 5.69 Å². The SMILES string of the molecule is Cc1c(Cl)cnn1CC(=O)N1CCN(S(=O)(=O)c2cccs2)CC1. The maximum atomic E-state index is 12.5. The predicted octanol–water partition coefficient (Wildman–Crippen LogP) is 1.44. The van der Waals surface area contributed by atoms with E-state index in [9.17, 15) is 13.2 Å². The van der Waals surface area contributed by atoms with Crippen LogP contribution in [0.15, 0.2) is 27.9 Å². The van der Waals surface area contributed by atoms with Gasteiger partial charge in [0.25, 0.3) is 10.0 Å². The fourth-order valence-electron chi connectivity index (χ4n) is 2.53. The van der Waals surface area contributed by atoms with E-state index < -0.39 is 10.0 Å². The first-order chi connectivity index (χ1) is 11.4. The zero-order valence-electron chi connectivity index (χ0n) is 13.1. The van der Waals surface area contributed by atoms with Crippen LogP contribution in [0.25, 0.3) is 0 Å². The zero-order valence-corrected chi connectivity index (χ0v) is 15.4. The Morgan fingerprint density at radius 1 is 1.33 bits per heavy atom.